The Morgan fingerprint density at radius 2 is 2.05 bits per heavy atom. The summed E-state index contributed by atoms with van der Waals surface area (Å²) in [6.45, 7) is 4.16. The van der Waals surface area contributed by atoms with Crippen LogP contribution in [0.1, 0.15) is 38.7 Å². The Balaban J connectivity index is 2.12. The fourth-order valence-electron chi connectivity index (χ4n) is 2.89. The van der Waals surface area contributed by atoms with Gasteiger partial charge in [-0.05, 0) is 31.2 Å². The van der Waals surface area contributed by atoms with Crippen LogP contribution in [-0.4, -0.2) is 11.8 Å². The second-order valence-electron chi connectivity index (χ2n) is 5.84. The van der Waals surface area contributed by atoms with Crippen LogP contribution in [0, 0.1) is 11.8 Å². The topological polar surface area (TPSA) is 29.1 Å². The van der Waals surface area contributed by atoms with Gasteiger partial charge in [0, 0.05) is 11.8 Å². The Morgan fingerprint density at radius 1 is 1.37 bits per heavy atom. The first kappa shape index (κ1) is 14.4. The van der Waals surface area contributed by atoms with Crippen molar-refractivity contribution in [2.45, 2.75) is 38.6 Å². The first-order chi connectivity index (χ1) is 9.07. The third kappa shape index (κ3) is 3.11. The van der Waals surface area contributed by atoms with Gasteiger partial charge in [-0.25, -0.2) is 0 Å². The summed E-state index contributed by atoms with van der Waals surface area (Å²) in [4.78, 5) is 12.4. The number of halogens is 1. The highest BCUT2D eigenvalue weighted by Crippen LogP contribution is 2.32. The van der Waals surface area contributed by atoms with Crippen LogP contribution < -0.4 is 5.32 Å². The summed E-state index contributed by atoms with van der Waals surface area (Å²) < 4.78 is 0. The third-order valence-electron chi connectivity index (χ3n) is 4.28. The van der Waals surface area contributed by atoms with E-state index in [1.165, 1.54) is 0 Å². The number of rotatable bonds is 4. The zero-order chi connectivity index (χ0) is 13.9. The number of amides is 1. The van der Waals surface area contributed by atoms with Crippen molar-refractivity contribution in [3.8, 4) is 0 Å². The van der Waals surface area contributed by atoms with Gasteiger partial charge in [-0.1, -0.05) is 43.7 Å². The average Bonchev–Trinajstić information content (AvgIpc) is 2.86. The lowest BCUT2D eigenvalue weighted by molar-refractivity contribution is -0.127. The van der Waals surface area contributed by atoms with E-state index < -0.39 is 5.54 Å². The molecule has 0 radical (unpaired) electrons. The van der Waals surface area contributed by atoms with Crippen molar-refractivity contribution >= 4 is 17.5 Å². The first-order valence-corrected chi connectivity index (χ1v) is 7.54. The van der Waals surface area contributed by atoms with Gasteiger partial charge in [0.05, 0.1) is 5.54 Å². The molecule has 0 aromatic heterocycles. The fraction of sp³-hybridized carbons (Fsp3) is 0.562. The van der Waals surface area contributed by atoms with Crippen LogP contribution in [0.2, 0.25) is 0 Å². The predicted octanol–water partition coefficient (Wildman–Crippen LogP) is 3.69. The number of hydrogen-bond acceptors (Lipinski definition) is 1. The van der Waals surface area contributed by atoms with Gasteiger partial charge in [0.25, 0.3) is 0 Å². The maximum absolute atomic E-state index is 12.4. The van der Waals surface area contributed by atoms with Crippen molar-refractivity contribution in [1.82, 2.24) is 5.32 Å². The molecule has 1 saturated carbocycles. The molecule has 3 unspecified atom stereocenters. The molecule has 1 fully saturated rings. The summed E-state index contributed by atoms with van der Waals surface area (Å²) >= 11 is 6.12. The maximum Gasteiger partial charge on any atom is 0.224 e. The Kier molecular flexibility index (Phi) is 4.51. The maximum atomic E-state index is 12.4. The molecule has 2 nitrogen and oxygen atoms in total. The van der Waals surface area contributed by atoms with Gasteiger partial charge in [-0.15, -0.1) is 11.6 Å². The van der Waals surface area contributed by atoms with Crippen LogP contribution in [-0.2, 0) is 10.3 Å². The summed E-state index contributed by atoms with van der Waals surface area (Å²) in [5.41, 5.74) is 0.575. The summed E-state index contributed by atoms with van der Waals surface area (Å²) in [7, 11) is 0. The van der Waals surface area contributed by atoms with Gasteiger partial charge in [-0.2, -0.15) is 0 Å². The van der Waals surface area contributed by atoms with Crippen molar-refractivity contribution in [3.63, 3.8) is 0 Å². The van der Waals surface area contributed by atoms with E-state index in [1.54, 1.807) is 0 Å². The van der Waals surface area contributed by atoms with Crippen LogP contribution >= 0.6 is 11.6 Å². The zero-order valence-electron chi connectivity index (χ0n) is 11.7. The molecule has 1 aromatic rings. The van der Waals surface area contributed by atoms with Gasteiger partial charge in [-0.3, -0.25) is 4.79 Å². The molecule has 1 aliphatic rings. The first-order valence-electron chi connectivity index (χ1n) is 7.00. The van der Waals surface area contributed by atoms with Crippen molar-refractivity contribution in [1.29, 1.82) is 0 Å². The van der Waals surface area contributed by atoms with E-state index in [2.05, 4.69) is 12.2 Å². The fourth-order valence-corrected chi connectivity index (χ4v) is 3.11. The minimum absolute atomic E-state index is 0.145. The van der Waals surface area contributed by atoms with Crippen molar-refractivity contribution < 1.29 is 4.79 Å². The minimum Gasteiger partial charge on any atom is -0.345 e. The monoisotopic (exact) mass is 279 g/mol. The minimum atomic E-state index is -0.484. The summed E-state index contributed by atoms with van der Waals surface area (Å²) in [5, 5.41) is 3.16. The van der Waals surface area contributed by atoms with E-state index in [-0.39, 0.29) is 11.8 Å². The molecular weight excluding hydrogens is 258 g/mol. The molecule has 0 aliphatic heterocycles. The normalized spacial score (nSPS) is 25.8. The molecule has 0 bridgehead atoms. The molecule has 0 saturated heterocycles. The summed E-state index contributed by atoms with van der Waals surface area (Å²) in [5.74, 6) is 1.16. The molecule has 1 aliphatic carbocycles. The SMILES string of the molecule is CC1CCCC1C(=O)NC(C)(CCl)c1ccccc1. The largest absolute Gasteiger partial charge is 0.345 e. The number of benzene rings is 1. The Morgan fingerprint density at radius 3 is 2.58 bits per heavy atom. The van der Waals surface area contributed by atoms with Gasteiger partial charge in [0.2, 0.25) is 5.91 Å². The van der Waals surface area contributed by atoms with E-state index in [9.17, 15) is 4.79 Å². The van der Waals surface area contributed by atoms with Crippen molar-refractivity contribution in [2.75, 3.05) is 5.88 Å². The zero-order valence-corrected chi connectivity index (χ0v) is 12.4. The Hall–Kier alpha value is -1.02. The number of hydrogen-bond donors (Lipinski definition) is 1. The smallest absolute Gasteiger partial charge is 0.224 e. The van der Waals surface area contributed by atoms with Crippen LogP contribution in [0.15, 0.2) is 30.3 Å². The molecule has 104 valence electrons. The molecule has 0 spiro atoms. The third-order valence-corrected chi connectivity index (χ3v) is 4.81. The number of carbonyl (C=O) groups excluding carboxylic acids is 1. The summed E-state index contributed by atoms with van der Waals surface area (Å²) in [6.07, 6.45) is 3.31. The molecule has 3 atom stereocenters. The van der Waals surface area contributed by atoms with E-state index in [4.69, 9.17) is 11.6 Å². The van der Waals surface area contributed by atoms with Crippen molar-refractivity contribution in [3.05, 3.63) is 35.9 Å². The molecular formula is C16H22ClNO. The highest BCUT2D eigenvalue weighted by atomic mass is 35.5. The van der Waals surface area contributed by atoms with Crippen LogP contribution in [0.25, 0.3) is 0 Å². The number of carbonyl (C=O) groups is 1. The summed E-state index contributed by atoms with van der Waals surface area (Å²) in [6, 6.07) is 9.95. The number of nitrogens with one attached hydrogen (secondary N) is 1. The van der Waals surface area contributed by atoms with Gasteiger partial charge in [0.1, 0.15) is 0 Å². The molecule has 1 amide bonds. The molecule has 0 heterocycles. The average molecular weight is 280 g/mol. The second kappa shape index (κ2) is 5.96. The van der Waals surface area contributed by atoms with E-state index >= 15 is 0 Å². The molecule has 2 rings (SSSR count). The molecule has 1 aromatic carbocycles. The molecule has 19 heavy (non-hydrogen) atoms. The molecule has 3 heteroatoms. The van der Waals surface area contributed by atoms with Crippen molar-refractivity contribution in [2.24, 2.45) is 11.8 Å². The highest BCUT2D eigenvalue weighted by molar-refractivity contribution is 6.18. The van der Waals surface area contributed by atoms with E-state index in [0.29, 0.717) is 11.8 Å². The quantitative estimate of drug-likeness (QED) is 0.837. The van der Waals surface area contributed by atoms with Gasteiger partial charge in [0.15, 0.2) is 0 Å². The lowest BCUT2D eigenvalue weighted by atomic mass is 9.91. The molecule has 1 N–H and O–H groups in total. The predicted molar refractivity (Wildman–Crippen MR) is 79.2 cm³/mol. The lowest BCUT2D eigenvalue weighted by Gasteiger charge is -2.31. The van der Waals surface area contributed by atoms with Gasteiger partial charge >= 0.3 is 0 Å². The number of alkyl halides is 1. The Bertz CT molecular complexity index is 434. The Labute approximate surface area is 120 Å². The highest BCUT2D eigenvalue weighted by Gasteiger charge is 2.34. The van der Waals surface area contributed by atoms with Crippen LogP contribution in [0.3, 0.4) is 0 Å². The standard InChI is InChI=1S/C16H22ClNO/c1-12-7-6-10-14(12)15(19)18-16(2,11-17)13-8-4-3-5-9-13/h3-5,8-9,12,14H,6-7,10-11H2,1-2H3,(H,18,19). The van der Waals surface area contributed by atoms with E-state index in [1.807, 2.05) is 37.3 Å². The van der Waals surface area contributed by atoms with Crippen LogP contribution in [0.4, 0.5) is 0 Å². The van der Waals surface area contributed by atoms with Crippen LogP contribution in [0.5, 0.6) is 0 Å². The van der Waals surface area contributed by atoms with E-state index in [0.717, 1.165) is 24.8 Å². The second-order valence-corrected chi connectivity index (χ2v) is 6.10. The lowest BCUT2D eigenvalue weighted by Crippen LogP contribution is -2.47. The van der Waals surface area contributed by atoms with Gasteiger partial charge < -0.3 is 5.32 Å².